The number of allylic oxidation sites excluding steroid dienone is 1. The zero-order valence-corrected chi connectivity index (χ0v) is 22.8. The standard InChI is InChI=1S/C28H27ClN2O6S/c1-5-12-37-21-11-8-17(14-22(21)35-6-2)25-24(27(34)36-7-3)16(4)30-28-31(25)26(33)23(38-28)15-18-13-19(29)9-10-20(18)32/h5,8-11,13-15,25,32H,1,6-7,12H2,2-4H3. The lowest BCUT2D eigenvalue weighted by atomic mass is 9.95. The minimum atomic E-state index is -0.826. The lowest BCUT2D eigenvalue weighted by molar-refractivity contribution is -0.139. The van der Waals surface area contributed by atoms with Crippen molar-refractivity contribution < 1.29 is 24.1 Å². The van der Waals surface area contributed by atoms with Crippen LogP contribution in [0.15, 0.2) is 70.1 Å². The Bertz CT molecular complexity index is 1600. The van der Waals surface area contributed by atoms with Gasteiger partial charge in [0.2, 0.25) is 0 Å². The summed E-state index contributed by atoms with van der Waals surface area (Å²) in [4.78, 5) is 31.9. The van der Waals surface area contributed by atoms with Gasteiger partial charge in [-0.1, -0.05) is 41.7 Å². The monoisotopic (exact) mass is 554 g/mol. The van der Waals surface area contributed by atoms with E-state index in [0.717, 1.165) is 11.3 Å². The molecule has 0 amide bonds. The number of hydrogen-bond donors (Lipinski definition) is 1. The summed E-state index contributed by atoms with van der Waals surface area (Å²) in [5.74, 6) is 0.399. The normalized spacial score (nSPS) is 15.1. The molecule has 0 fully saturated rings. The fourth-order valence-corrected chi connectivity index (χ4v) is 5.34. The van der Waals surface area contributed by atoms with Crippen LogP contribution in [0.1, 0.15) is 37.9 Å². The van der Waals surface area contributed by atoms with E-state index >= 15 is 0 Å². The number of nitrogens with zero attached hydrogens (tertiary/aromatic N) is 2. The van der Waals surface area contributed by atoms with Gasteiger partial charge in [-0.15, -0.1) is 0 Å². The predicted molar refractivity (Wildman–Crippen MR) is 147 cm³/mol. The Kier molecular flexibility index (Phi) is 8.38. The minimum Gasteiger partial charge on any atom is -0.507 e. The molecule has 0 spiro atoms. The van der Waals surface area contributed by atoms with Crippen LogP contribution in [0.25, 0.3) is 6.08 Å². The summed E-state index contributed by atoms with van der Waals surface area (Å²) in [5.41, 5.74) is 1.32. The van der Waals surface area contributed by atoms with Crippen molar-refractivity contribution in [2.24, 2.45) is 4.99 Å². The molecule has 1 unspecified atom stereocenters. The summed E-state index contributed by atoms with van der Waals surface area (Å²) in [6, 6.07) is 9.03. The van der Waals surface area contributed by atoms with Gasteiger partial charge in [0.05, 0.1) is 35.1 Å². The van der Waals surface area contributed by atoms with Crippen LogP contribution in [-0.2, 0) is 9.53 Å². The molecule has 1 N–H and O–H groups in total. The van der Waals surface area contributed by atoms with Crippen molar-refractivity contribution in [3.05, 3.63) is 96.2 Å². The van der Waals surface area contributed by atoms with Gasteiger partial charge in [-0.3, -0.25) is 9.36 Å². The summed E-state index contributed by atoms with van der Waals surface area (Å²) >= 11 is 7.25. The van der Waals surface area contributed by atoms with E-state index in [0.29, 0.717) is 55.9 Å². The van der Waals surface area contributed by atoms with Crippen molar-refractivity contribution in [1.29, 1.82) is 0 Å². The van der Waals surface area contributed by atoms with Gasteiger partial charge in [-0.05, 0) is 62.7 Å². The fraction of sp³-hybridized carbons (Fsp3) is 0.250. The third kappa shape index (κ3) is 5.39. The summed E-state index contributed by atoms with van der Waals surface area (Å²) in [5, 5.41) is 10.7. The summed E-state index contributed by atoms with van der Waals surface area (Å²) in [7, 11) is 0. The highest BCUT2D eigenvalue weighted by atomic mass is 35.5. The van der Waals surface area contributed by atoms with Crippen LogP contribution in [-0.4, -0.2) is 35.5 Å². The van der Waals surface area contributed by atoms with Crippen LogP contribution in [0.5, 0.6) is 17.2 Å². The van der Waals surface area contributed by atoms with Crippen molar-refractivity contribution in [2.45, 2.75) is 26.8 Å². The molecule has 1 aliphatic rings. The average molecular weight is 555 g/mol. The zero-order valence-electron chi connectivity index (χ0n) is 21.2. The van der Waals surface area contributed by atoms with Crippen molar-refractivity contribution in [2.75, 3.05) is 19.8 Å². The molecule has 4 rings (SSSR count). The number of phenolic OH excluding ortho intramolecular Hbond substituents is 1. The molecule has 2 heterocycles. The first-order valence-corrected chi connectivity index (χ1v) is 13.2. The van der Waals surface area contributed by atoms with Gasteiger partial charge in [-0.25, -0.2) is 9.79 Å². The maximum Gasteiger partial charge on any atom is 0.338 e. The Morgan fingerprint density at radius 2 is 1.97 bits per heavy atom. The van der Waals surface area contributed by atoms with E-state index in [9.17, 15) is 14.7 Å². The quantitative estimate of drug-likeness (QED) is 0.315. The van der Waals surface area contributed by atoms with Gasteiger partial charge in [-0.2, -0.15) is 0 Å². The second-order valence-corrected chi connectivity index (χ2v) is 9.69. The minimum absolute atomic E-state index is 0.0170. The molecule has 1 aliphatic heterocycles. The number of fused-ring (bicyclic) bond motifs is 1. The first kappa shape index (κ1) is 27.2. The maximum atomic E-state index is 13.8. The Morgan fingerprint density at radius 1 is 1.18 bits per heavy atom. The van der Waals surface area contributed by atoms with E-state index in [2.05, 4.69) is 11.6 Å². The molecule has 38 heavy (non-hydrogen) atoms. The number of rotatable bonds is 9. The van der Waals surface area contributed by atoms with E-state index < -0.39 is 12.0 Å². The van der Waals surface area contributed by atoms with E-state index in [4.69, 9.17) is 25.8 Å². The number of carbonyl (C=O) groups excluding carboxylic acids is 1. The summed E-state index contributed by atoms with van der Waals surface area (Å²) in [6.45, 7) is 9.81. The number of aromatic nitrogens is 1. The second kappa shape index (κ2) is 11.7. The van der Waals surface area contributed by atoms with Gasteiger partial charge in [0.1, 0.15) is 12.4 Å². The number of benzene rings is 2. The number of thiazole rings is 1. The van der Waals surface area contributed by atoms with Crippen molar-refractivity contribution >= 4 is 35.0 Å². The highest BCUT2D eigenvalue weighted by Gasteiger charge is 2.34. The Balaban J connectivity index is 1.96. The molecule has 0 saturated heterocycles. The molecule has 0 saturated carbocycles. The Labute approximate surface area is 228 Å². The predicted octanol–water partition coefficient (Wildman–Crippen LogP) is 4.12. The fourth-order valence-electron chi connectivity index (χ4n) is 4.12. The molecular formula is C28H27ClN2O6S. The molecule has 2 aromatic carbocycles. The van der Waals surface area contributed by atoms with Gasteiger partial charge < -0.3 is 19.3 Å². The number of aromatic hydroxyl groups is 1. The number of ether oxygens (including phenoxy) is 3. The van der Waals surface area contributed by atoms with E-state index in [-0.39, 0.29) is 23.5 Å². The van der Waals surface area contributed by atoms with Crippen LogP contribution in [0.3, 0.4) is 0 Å². The van der Waals surface area contributed by atoms with Crippen LogP contribution < -0.4 is 24.4 Å². The zero-order chi connectivity index (χ0) is 27.4. The van der Waals surface area contributed by atoms with Gasteiger partial charge in [0.15, 0.2) is 16.3 Å². The van der Waals surface area contributed by atoms with E-state index in [1.54, 1.807) is 56.3 Å². The molecule has 198 valence electrons. The van der Waals surface area contributed by atoms with Crippen LogP contribution in [0, 0.1) is 0 Å². The SMILES string of the molecule is C=CCOc1ccc(C2C(C(=O)OCC)=C(C)N=c3sc(=Cc4cc(Cl)ccc4O)c(=O)n32)cc1OCC. The first-order chi connectivity index (χ1) is 18.3. The molecule has 0 radical (unpaired) electrons. The van der Waals surface area contributed by atoms with Gasteiger partial charge >= 0.3 is 5.97 Å². The molecular weight excluding hydrogens is 528 g/mol. The third-order valence-corrected chi connectivity index (χ3v) is 6.95. The highest BCUT2D eigenvalue weighted by Crippen LogP contribution is 2.36. The molecule has 1 atom stereocenters. The highest BCUT2D eigenvalue weighted by molar-refractivity contribution is 7.07. The molecule has 10 heteroatoms. The van der Waals surface area contributed by atoms with E-state index in [1.165, 1.54) is 10.6 Å². The number of hydrogen-bond acceptors (Lipinski definition) is 8. The Morgan fingerprint density at radius 3 is 2.68 bits per heavy atom. The molecule has 1 aromatic heterocycles. The van der Waals surface area contributed by atoms with Gasteiger partial charge in [0, 0.05) is 10.6 Å². The summed E-state index contributed by atoms with van der Waals surface area (Å²) in [6.07, 6.45) is 3.19. The summed E-state index contributed by atoms with van der Waals surface area (Å²) < 4.78 is 18.7. The number of phenols is 1. The average Bonchev–Trinajstić information content (AvgIpc) is 3.19. The lowest BCUT2D eigenvalue weighted by Crippen LogP contribution is -2.40. The van der Waals surface area contributed by atoms with Crippen LogP contribution in [0.2, 0.25) is 5.02 Å². The van der Waals surface area contributed by atoms with Crippen molar-refractivity contribution in [3.63, 3.8) is 0 Å². The number of halogens is 1. The van der Waals surface area contributed by atoms with Crippen molar-refractivity contribution in [1.82, 2.24) is 4.57 Å². The molecule has 8 nitrogen and oxygen atoms in total. The molecule has 0 bridgehead atoms. The van der Waals surface area contributed by atoms with Crippen molar-refractivity contribution in [3.8, 4) is 17.2 Å². The third-order valence-electron chi connectivity index (χ3n) is 5.73. The smallest absolute Gasteiger partial charge is 0.338 e. The Hall–Kier alpha value is -3.82. The van der Waals surface area contributed by atoms with Crippen LogP contribution >= 0.6 is 22.9 Å². The van der Waals surface area contributed by atoms with Gasteiger partial charge in [0.25, 0.3) is 5.56 Å². The van der Waals surface area contributed by atoms with E-state index in [1.807, 2.05) is 6.92 Å². The maximum absolute atomic E-state index is 13.8. The largest absolute Gasteiger partial charge is 0.507 e. The van der Waals surface area contributed by atoms with Crippen LogP contribution in [0.4, 0.5) is 0 Å². The lowest BCUT2D eigenvalue weighted by Gasteiger charge is -2.25. The number of carbonyl (C=O) groups is 1. The molecule has 0 aliphatic carbocycles. The topological polar surface area (TPSA) is 99.4 Å². The number of esters is 1. The second-order valence-electron chi connectivity index (χ2n) is 8.24. The molecule has 3 aromatic rings. The first-order valence-electron chi connectivity index (χ1n) is 12.0.